The zero-order valence-corrected chi connectivity index (χ0v) is 33.0. The Morgan fingerprint density at radius 2 is 0.617 bits per heavy atom. The number of hydrogen-bond acceptors (Lipinski definition) is 0. The number of benzene rings is 9. The Labute approximate surface area is 342 Å². The van der Waals surface area contributed by atoms with Crippen molar-refractivity contribution in [3.63, 3.8) is 0 Å². The molecule has 0 atom stereocenters. The van der Waals surface area contributed by atoms with Gasteiger partial charge in [-0.15, -0.1) is 0 Å². The highest BCUT2D eigenvalue weighted by Crippen LogP contribution is 2.51. The molecular formula is C56H34N4. The van der Waals surface area contributed by atoms with Crippen molar-refractivity contribution in [2.45, 2.75) is 13.8 Å². The lowest BCUT2D eigenvalue weighted by Gasteiger charge is -2.11. The van der Waals surface area contributed by atoms with Crippen molar-refractivity contribution in [2.75, 3.05) is 0 Å². The molecule has 0 radical (unpaired) electrons. The first-order valence-corrected chi connectivity index (χ1v) is 21.0. The quantitative estimate of drug-likeness (QED) is 0.167. The van der Waals surface area contributed by atoms with Crippen molar-refractivity contribution in [1.29, 1.82) is 0 Å². The first kappa shape index (κ1) is 31.2. The molecule has 0 fully saturated rings. The Morgan fingerprint density at radius 1 is 0.250 bits per heavy atom. The second-order valence-electron chi connectivity index (χ2n) is 16.9. The van der Waals surface area contributed by atoms with Gasteiger partial charge in [0, 0.05) is 76.0 Å². The van der Waals surface area contributed by atoms with Crippen LogP contribution in [-0.2, 0) is 0 Å². The molecule has 0 bridgehead atoms. The summed E-state index contributed by atoms with van der Waals surface area (Å²) in [5.41, 5.74) is 17.8. The largest absolute Gasteiger partial charge is 0.309 e. The normalized spacial score (nSPS) is 12.8. The lowest BCUT2D eigenvalue weighted by molar-refractivity contribution is 1.19. The highest BCUT2D eigenvalue weighted by molar-refractivity contribution is 6.36. The van der Waals surface area contributed by atoms with Gasteiger partial charge in [0.05, 0.1) is 55.2 Å². The average molecular weight is 763 g/mol. The van der Waals surface area contributed by atoms with Crippen LogP contribution in [0.15, 0.2) is 170 Å². The van der Waals surface area contributed by atoms with Gasteiger partial charge in [-0.2, -0.15) is 0 Å². The second-order valence-corrected chi connectivity index (χ2v) is 16.9. The van der Waals surface area contributed by atoms with Crippen molar-refractivity contribution >= 4 is 120 Å². The molecule has 0 amide bonds. The minimum Gasteiger partial charge on any atom is -0.309 e. The van der Waals surface area contributed by atoms with E-state index in [4.69, 9.17) is 0 Å². The topological polar surface area (TPSA) is 18.7 Å². The third kappa shape index (κ3) is 3.43. The molecule has 0 unspecified atom stereocenters. The molecule has 4 nitrogen and oxygen atoms in total. The molecule has 6 aromatic heterocycles. The Kier molecular flexibility index (Phi) is 5.52. The summed E-state index contributed by atoms with van der Waals surface area (Å²) in [6.07, 6.45) is 0. The average Bonchev–Trinajstić information content (AvgIpc) is 4.13. The van der Waals surface area contributed by atoms with E-state index in [9.17, 15) is 0 Å². The summed E-state index contributed by atoms with van der Waals surface area (Å²) in [7, 11) is 0. The molecule has 60 heavy (non-hydrogen) atoms. The van der Waals surface area contributed by atoms with Crippen molar-refractivity contribution in [3.05, 3.63) is 181 Å². The summed E-state index contributed by atoms with van der Waals surface area (Å²) in [5.74, 6) is 0. The SMILES string of the molecule is Cc1c2c3cccc4c5c6c(ccc5n(c2c(C)c2c5cccc7c8c9c(ccc8n(c12)c57)c1ccccc1n9-c1ccccc1)c34)c1ccccc1n6-c1ccccc1. The van der Waals surface area contributed by atoms with Crippen LogP contribution in [-0.4, -0.2) is 17.9 Å². The van der Waals surface area contributed by atoms with Crippen molar-refractivity contribution in [2.24, 2.45) is 0 Å². The number of aromatic nitrogens is 4. The number of nitrogens with zero attached hydrogens (tertiary/aromatic N) is 4. The van der Waals surface area contributed by atoms with Crippen LogP contribution in [0.4, 0.5) is 0 Å². The van der Waals surface area contributed by atoms with Crippen LogP contribution in [0.25, 0.3) is 131 Å². The van der Waals surface area contributed by atoms with E-state index in [-0.39, 0.29) is 0 Å². The van der Waals surface area contributed by atoms with Crippen molar-refractivity contribution < 1.29 is 0 Å². The second kappa shape index (κ2) is 10.6. The molecule has 15 aromatic rings. The Balaban J connectivity index is 1.14. The van der Waals surface area contributed by atoms with Crippen molar-refractivity contribution in [3.8, 4) is 11.4 Å². The number of rotatable bonds is 2. The van der Waals surface area contributed by atoms with Gasteiger partial charge in [-0.25, -0.2) is 0 Å². The fraction of sp³-hybridized carbons (Fsp3) is 0.0357. The molecule has 4 heteroatoms. The van der Waals surface area contributed by atoms with Gasteiger partial charge in [-0.3, -0.25) is 0 Å². The number of hydrogen-bond donors (Lipinski definition) is 0. The monoisotopic (exact) mass is 762 g/mol. The zero-order chi connectivity index (χ0) is 39.1. The number of aryl methyl sites for hydroxylation is 2. The van der Waals surface area contributed by atoms with E-state index < -0.39 is 0 Å². The standard InChI is InChI=1S/C56H34N4/c1-31-47-39-21-13-23-41-50-46(30-28-38-36-20-10-12-26-44(36)58(56(38)50)34-17-7-4-8-18-34)60(53(39)41)52(47)32(2)48-40-22-14-24-42-49-45(59(51(31)48)54(40)42)29-27-37-35-19-9-11-25-43(35)57(55(37)49)33-15-5-3-6-16-33/h3-30H,1-2H3. The van der Waals surface area contributed by atoms with Gasteiger partial charge in [-0.05, 0) is 73.5 Å². The van der Waals surface area contributed by atoms with Crippen LogP contribution >= 0.6 is 0 Å². The molecule has 0 aliphatic carbocycles. The maximum absolute atomic E-state index is 2.61. The fourth-order valence-corrected chi connectivity index (χ4v) is 12.0. The molecule has 0 aliphatic heterocycles. The lowest BCUT2D eigenvalue weighted by Crippen LogP contribution is -1.94. The maximum atomic E-state index is 2.61. The third-order valence-corrected chi connectivity index (χ3v) is 14.1. The zero-order valence-electron chi connectivity index (χ0n) is 33.0. The first-order valence-electron chi connectivity index (χ1n) is 21.0. The highest BCUT2D eigenvalue weighted by atomic mass is 15.0. The van der Waals surface area contributed by atoms with Gasteiger partial charge in [0.15, 0.2) is 0 Å². The fourth-order valence-electron chi connectivity index (χ4n) is 12.0. The Morgan fingerprint density at radius 3 is 1.05 bits per heavy atom. The Hall–Kier alpha value is -7.82. The van der Waals surface area contributed by atoms with Gasteiger partial charge in [0.1, 0.15) is 0 Å². The lowest BCUT2D eigenvalue weighted by atomic mass is 9.96. The Bertz CT molecular complexity index is 4060. The van der Waals surface area contributed by atoms with E-state index in [1.165, 1.54) is 142 Å². The molecule has 0 saturated carbocycles. The van der Waals surface area contributed by atoms with Crippen LogP contribution in [0.1, 0.15) is 11.1 Å². The minimum atomic E-state index is 1.18. The number of fused-ring (bicyclic) bond motifs is 20. The van der Waals surface area contributed by atoms with E-state index in [2.05, 4.69) is 202 Å². The van der Waals surface area contributed by atoms with Crippen LogP contribution in [0.3, 0.4) is 0 Å². The summed E-state index contributed by atoms with van der Waals surface area (Å²) in [6.45, 7) is 4.75. The molecule has 0 aliphatic rings. The van der Waals surface area contributed by atoms with Gasteiger partial charge < -0.3 is 17.9 Å². The van der Waals surface area contributed by atoms with Crippen LogP contribution in [0.5, 0.6) is 0 Å². The van der Waals surface area contributed by atoms with Gasteiger partial charge in [0.2, 0.25) is 0 Å². The van der Waals surface area contributed by atoms with E-state index >= 15 is 0 Å². The van der Waals surface area contributed by atoms with Gasteiger partial charge in [-0.1, -0.05) is 121 Å². The van der Waals surface area contributed by atoms with E-state index in [0.29, 0.717) is 0 Å². The maximum Gasteiger partial charge on any atom is 0.0641 e. The molecule has 0 N–H and O–H groups in total. The predicted octanol–water partition coefficient (Wildman–Crippen LogP) is 14.8. The van der Waals surface area contributed by atoms with Crippen LogP contribution in [0.2, 0.25) is 0 Å². The third-order valence-electron chi connectivity index (χ3n) is 14.1. The van der Waals surface area contributed by atoms with Gasteiger partial charge >= 0.3 is 0 Å². The number of para-hydroxylation sites is 6. The molecule has 15 rings (SSSR count). The summed E-state index contributed by atoms with van der Waals surface area (Å²) >= 11 is 0. The van der Waals surface area contributed by atoms with E-state index in [1.54, 1.807) is 0 Å². The summed E-state index contributed by atoms with van der Waals surface area (Å²) in [5, 5.41) is 15.7. The first-order chi connectivity index (χ1) is 29.7. The molecule has 0 saturated heterocycles. The molecule has 0 spiro atoms. The van der Waals surface area contributed by atoms with Gasteiger partial charge in [0.25, 0.3) is 0 Å². The molecule has 9 aromatic carbocycles. The smallest absolute Gasteiger partial charge is 0.0641 e. The van der Waals surface area contributed by atoms with Crippen LogP contribution < -0.4 is 0 Å². The van der Waals surface area contributed by atoms with Crippen molar-refractivity contribution in [1.82, 2.24) is 17.9 Å². The van der Waals surface area contributed by atoms with Crippen LogP contribution in [0, 0.1) is 13.8 Å². The minimum absolute atomic E-state index is 1.18. The predicted molar refractivity (Wildman–Crippen MR) is 254 cm³/mol. The summed E-state index contributed by atoms with van der Waals surface area (Å²) in [4.78, 5) is 0. The molecular weight excluding hydrogens is 729 g/mol. The highest BCUT2D eigenvalue weighted by Gasteiger charge is 2.29. The molecule has 278 valence electrons. The van der Waals surface area contributed by atoms with E-state index in [1.807, 2.05) is 0 Å². The summed E-state index contributed by atoms with van der Waals surface area (Å²) < 4.78 is 10.2. The summed E-state index contributed by atoms with van der Waals surface area (Å²) in [6, 6.07) is 63.0. The van der Waals surface area contributed by atoms with E-state index in [0.717, 1.165) is 0 Å². The molecule has 6 heterocycles.